The van der Waals surface area contributed by atoms with Crippen LogP contribution in [0.3, 0.4) is 0 Å². The second-order valence-corrected chi connectivity index (χ2v) is 6.38. The van der Waals surface area contributed by atoms with Crippen molar-refractivity contribution in [3.05, 3.63) is 29.7 Å². The summed E-state index contributed by atoms with van der Waals surface area (Å²) in [5.41, 5.74) is 4.77. The molecular formula is C18H21F3N4O3. The molecule has 152 valence electrons. The average molecular weight is 398 g/mol. The molecule has 3 rings (SSSR count). The lowest BCUT2D eigenvalue weighted by Crippen LogP contribution is -2.21. The maximum Gasteiger partial charge on any atom is 0.490 e. The van der Waals surface area contributed by atoms with Gasteiger partial charge in [0, 0.05) is 30.9 Å². The fourth-order valence-electron chi connectivity index (χ4n) is 2.87. The summed E-state index contributed by atoms with van der Waals surface area (Å²) in [7, 11) is 1.91. The molecule has 0 radical (unpaired) electrons. The van der Waals surface area contributed by atoms with Gasteiger partial charge in [-0.1, -0.05) is 6.42 Å². The van der Waals surface area contributed by atoms with Gasteiger partial charge >= 0.3 is 12.1 Å². The van der Waals surface area contributed by atoms with E-state index in [9.17, 15) is 18.0 Å². The quantitative estimate of drug-likeness (QED) is 0.708. The van der Waals surface area contributed by atoms with Crippen LogP contribution in [0.15, 0.2) is 18.3 Å². The Balaban J connectivity index is 0.000000345. The number of aromatic nitrogens is 3. The monoisotopic (exact) mass is 398 g/mol. The zero-order valence-corrected chi connectivity index (χ0v) is 15.5. The number of nitrogens with zero attached hydrogens (tertiary/aromatic N) is 3. The summed E-state index contributed by atoms with van der Waals surface area (Å²) in [4.78, 5) is 25.4. The van der Waals surface area contributed by atoms with E-state index in [2.05, 4.69) is 21.5 Å². The highest BCUT2D eigenvalue weighted by molar-refractivity contribution is 5.95. The minimum atomic E-state index is -5.08. The minimum absolute atomic E-state index is 0.0715. The van der Waals surface area contributed by atoms with Crippen LogP contribution >= 0.6 is 0 Å². The molecule has 0 fully saturated rings. The molecule has 1 aliphatic heterocycles. The van der Waals surface area contributed by atoms with E-state index in [1.54, 1.807) is 0 Å². The molecule has 1 amide bonds. The number of aliphatic carboxylic acids is 1. The average Bonchev–Trinajstić information content (AvgIpc) is 2.87. The molecule has 0 spiro atoms. The van der Waals surface area contributed by atoms with Crippen LogP contribution in [-0.2, 0) is 23.1 Å². The zero-order valence-electron chi connectivity index (χ0n) is 15.5. The molecular weight excluding hydrogens is 377 g/mol. The zero-order chi connectivity index (χ0) is 20.9. The number of nitrogens with one attached hydrogen (secondary N) is 1. The van der Waals surface area contributed by atoms with Gasteiger partial charge < -0.3 is 10.4 Å². The highest BCUT2D eigenvalue weighted by Crippen LogP contribution is 2.31. The molecule has 0 saturated heterocycles. The molecule has 2 aromatic rings. The second kappa shape index (κ2) is 8.85. The van der Waals surface area contributed by atoms with Crippen LogP contribution in [-0.4, -0.2) is 37.9 Å². The van der Waals surface area contributed by atoms with Crippen molar-refractivity contribution in [2.45, 2.75) is 45.2 Å². The number of alkyl halides is 3. The summed E-state index contributed by atoms with van der Waals surface area (Å²) >= 11 is 0. The van der Waals surface area contributed by atoms with Crippen molar-refractivity contribution in [2.75, 3.05) is 5.32 Å². The Morgan fingerprint density at radius 1 is 1.25 bits per heavy atom. The van der Waals surface area contributed by atoms with E-state index >= 15 is 0 Å². The first-order chi connectivity index (χ1) is 13.1. The van der Waals surface area contributed by atoms with Gasteiger partial charge in [0.25, 0.3) is 0 Å². The Kier molecular flexibility index (Phi) is 6.76. The van der Waals surface area contributed by atoms with E-state index in [1.807, 2.05) is 30.9 Å². The van der Waals surface area contributed by atoms with Gasteiger partial charge in [0.15, 0.2) is 0 Å². The van der Waals surface area contributed by atoms with Gasteiger partial charge in [-0.15, -0.1) is 0 Å². The van der Waals surface area contributed by atoms with Gasteiger partial charge in [-0.3, -0.25) is 14.5 Å². The number of carboxylic acid groups (broad SMARTS) is 1. The van der Waals surface area contributed by atoms with Gasteiger partial charge in [0.2, 0.25) is 5.91 Å². The van der Waals surface area contributed by atoms with Gasteiger partial charge in [-0.2, -0.15) is 18.3 Å². The first-order valence-electron chi connectivity index (χ1n) is 8.68. The molecule has 2 aromatic heterocycles. The summed E-state index contributed by atoms with van der Waals surface area (Å²) in [6.45, 7) is 1.92. The van der Waals surface area contributed by atoms with Crippen LogP contribution in [0.2, 0.25) is 0 Å². The third kappa shape index (κ3) is 5.54. The Morgan fingerprint density at radius 3 is 2.54 bits per heavy atom. The van der Waals surface area contributed by atoms with Gasteiger partial charge in [-0.05, 0) is 38.3 Å². The minimum Gasteiger partial charge on any atom is -0.475 e. The topological polar surface area (TPSA) is 97.1 Å². The number of pyridine rings is 1. The van der Waals surface area contributed by atoms with Crippen molar-refractivity contribution >= 4 is 17.6 Å². The van der Waals surface area contributed by atoms with Gasteiger partial charge in [0.1, 0.15) is 0 Å². The highest BCUT2D eigenvalue weighted by atomic mass is 19.4. The first-order valence-corrected chi connectivity index (χ1v) is 8.68. The lowest BCUT2D eigenvalue weighted by Gasteiger charge is -2.11. The van der Waals surface area contributed by atoms with Crippen molar-refractivity contribution in [2.24, 2.45) is 7.05 Å². The number of aryl methyl sites for hydroxylation is 3. The van der Waals surface area contributed by atoms with E-state index in [1.165, 1.54) is 0 Å². The van der Waals surface area contributed by atoms with Gasteiger partial charge in [0.05, 0.1) is 17.1 Å². The number of halogens is 3. The highest BCUT2D eigenvalue weighted by Gasteiger charge is 2.38. The number of hydrogen-bond donors (Lipinski definition) is 2. The van der Waals surface area contributed by atoms with Crippen molar-refractivity contribution < 1.29 is 27.9 Å². The van der Waals surface area contributed by atoms with E-state index in [0.29, 0.717) is 6.42 Å². The second-order valence-electron chi connectivity index (χ2n) is 6.38. The Bertz CT molecular complexity index is 862. The van der Waals surface area contributed by atoms with Crippen molar-refractivity contribution in [1.29, 1.82) is 0 Å². The predicted octanol–water partition coefficient (Wildman–Crippen LogP) is 3.48. The Labute approximate surface area is 159 Å². The van der Waals surface area contributed by atoms with Crippen molar-refractivity contribution in [1.82, 2.24) is 14.8 Å². The van der Waals surface area contributed by atoms with Crippen LogP contribution in [0.1, 0.15) is 37.1 Å². The number of amides is 1. The number of rotatable bonds is 0. The summed E-state index contributed by atoms with van der Waals surface area (Å²) in [6, 6.07) is 4.08. The number of carbonyl (C=O) groups excluding carboxylic acids is 1. The fraction of sp³-hybridized carbons (Fsp3) is 0.444. The maximum absolute atomic E-state index is 12.1. The molecule has 28 heavy (non-hydrogen) atoms. The van der Waals surface area contributed by atoms with E-state index in [0.717, 1.165) is 54.0 Å². The Hall–Kier alpha value is -2.91. The van der Waals surface area contributed by atoms with Crippen LogP contribution in [0.4, 0.5) is 18.9 Å². The lowest BCUT2D eigenvalue weighted by atomic mass is 10.0. The molecule has 2 N–H and O–H groups in total. The molecule has 0 unspecified atom stereocenters. The summed E-state index contributed by atoms with van der Waals surface area (Å²) in [5.74, 6) is -2.69. The third-order valence-electron chi connectivity index (χ3n) is 4.16. The molecule has 7 nitrogen and oxygen atoms in total. The number of hydrogen-bond acceptors (Lipinski definition) is 4. The molecule has 0 saturated carbocycles. The van der Waals surface area contributed by atoms with Crippen molar-refractivity contribution in [3.8, 4) is 11.3 Å². The number of carbonyl (C=O) groups is 2. The summed E-state index contributed by atoms with van der Waals surface area (Å²) in [6.07, 6.45) is 1.32. The van der Waals surface area contributed by atoms with Crippen molar-refractivity contribution in [3.63, 3.8) is 0 Å². The van der Waals surface area contributed by atoms with Crippen LogP contribution in [0.25, 0.3) is 11.3 Å². The maximum atomic E-state index is 12.1. The molecule has 10 heteroatoms. The molecule has 2 bridgehead atoms. The summed E-state index contributed by atoms with van der Waals surface area (Å²) < 4.78 is 33.6. The van der Waals surface area contributed by atoms with Crippen LogP contribution < -0.4 is 5.32 Å². The van der Waals surface area contributed by atoms with Crippen LogP contribution in [0, 0.1) is 6.92 Å². The number of anilines is 1. The van der Waals surface area contributed by atoms with Crippen LogP contribution in [0.5, 0.6) is 0 Å². The largest absolute Gasteiger partial charge is 0.490 e. The summed E-state index contributed by atoms with van der Waals surface area (Å²) in [5, 5.41) is 14.6. The smallest absolute Gasteiger partial charge is 0.475 e. The Morgan fingerprint density at radius 2 is 1.89 bits per heavy atom. The van der Waals surface area contributed by atoms with E-state index in [4.69, 9.17) is 9.90 Å². The lowest BCUT2D eigenvalue weighted by molar-refractivity contribution is -0.192. The van der Waals surface area contributed by atoms with Gasteiger partial charge in [-0.25, -0.2) is 4.79 Å². The molecule has 0 atom stereocenters. The molecule has 3 heterocycles. The standard InChI is InChI=1S/C16H20N4O.C2HF3O2/c1-11-15-16(20(2)19-11)12-8-9-17-13(10-12)6-4-3-5-7-14(21)18-15;3-2(4,5)1(6)7/h8-10H,3-7H2,1-2H3,(H,18,21);(H,6,7). The number of fused-ring (bicyclic) bond motifs is 4. The first kappa shape index (κ1) is 21.4. The molecule has 0 aliphatic carbocycles. The molecule has 0 aromatic carbocycles. The van der Waals surface area contributed by atoms with E-state index in [-0.39, 0.29) is 5.91 Å². The normalized spacial score (nSPS) is 14.5. The van der Waals surface area contributed by atoms with E-state index < -0.39 is 12.1 Å². The predicted molar refractivity (Wildman–Crippen MR) is 95.7 cm³/mol. The fourth-order valence-corrected chi connectivity index (χ4v) is 2.87. The SMILES string of the molecule is Cc1nn(C)c2c1NC(=O)CCCCCc1cc-2ccn1.O=C(O)C(F)(F)F. The molecule has 1 aliphatic rings. The number of carboxylic acids is 1. The third-order valence-corrected chi connectivity index (χ3v) is 4.16.